The van der Waals surface area contributed by atoms with Gasteiger partial charge in [-0.25, -0.2) is 0 Å². The van der Waals surface area contributed by atoms with E-state index < -0.39 is 0 Å². The maximum atomic E-state index is 5.83. The quantitative estimate of drug-likeness (QED) is 0.620. The monoisotopic (exact) mass is 211 g/mol. The highest BCUT2D eigenvalue weighted by atomic mass is 16.5. The molecule has 0 unspecified atom stereocenters. The number of ether oxygens (including phenoxy) is 2. The van der Waals surface area contributed by atoms with Gasteiger partial charge in [0.05, 0.1) is 14.2 Å². The van der Waals surface area contributed by atoms with Crippen LogP contribution in [0.1, 0.15) is 11.6 Å². The van der Waals surface area contributed by atoms with E-state index in [9.17, 15) is 0 Å². The Kier molecular flexibility index (Phi) is 3.76. The predicted octanol–water partition coefficient (Wildman–Crippen LogP) is 0.245. The second-order valence-corrected chi connectivity index (χ2v) is 3.18. The first-order valence-electron chi connectivity index (χ1n) is 4.61. The molecule has 0 fully saturated rings. The van der Waals surface area contributed by atoms with Crippen molar-refractivity contribution in [2.75, 3.05) is 26.5 Å². The minimum Gasteiger partial charge on any atom is -0.493 e. The fourth-order valence-corrected chi connectivity index (χ4v) is 1.36. The van der Waals surface area contributed by atoms with E-state index in [0.717, 1.165) is 5.56 Å². The Balaban J connectivity index is 3.19. The number of nitrogens with two attached hydrogens (primary N) is 3. The molecule has 0 spiro atoms. The lowest BCUT2D eigenvalue weighted by molar-refractivity contribution is 0.354. The van der Waals surface area contributed by atoms with Crippen LogP contribution in [-0.4, -0.2) is 20.8 Å². The Morgan fingerprint density at radius 1 is 1.20 bits per heavy atom. The van der Waals surface area contributed by atoms with Crippen molar-refractivity contribution >= 4 is 5.69 Å². The molecule has 0 aliphatic heterocycles. The van der Waals surface area contributed by atoms with E-state index in [-0.39, 0.29) is 6.04 Å². The molecule has 0 saturated heterocycles. The molecule has 1 atom stereocenters. The minimum absolute atomic E-state index is 0.287. The summed E-state index contributed by atoms with van der Waals surface area (Å²) in [5, 5.41) is 0. The SMILES string of the molecule is COc1cc(N)c([C@@H](N)CN)cc1OC. The average molecular weight is 211 g/mol. The summed E-state index contributed by atoms with van der Waals surface area (Å²) in [4.78, 5) is 0. The Morgan fingerprint density at radius 3 is 2.20 bits per heavy atom. The van der Waals surface area contributed by atoms with Crippen molar-refractivity contribution in [3.8, 4) is 11.5 Å². The first-order chi connectivity index (χ1) is 7.13. The number of rotatable bonds is 4. The maximum Gasteiger partial charge on any atom is 0.162 e. The lowest BCUT2D eigenvalue weighted by Gasteiger charge is -2.16. The predicted molar refractivity (Wildman–Crippen MR) is 59.9 cm³/mol. The molecule has 0 bridgehead atoms. The zero-order chi connectivity index (χ0) is 11.4. The van der Waals surface area contributed by atoms with Crippen LogP contribution in [0.3, 0.4) is 0 Å². The van der Waals surface area contributed by atoms with Crippen LogP contribution in [0, 0.1) is 0 Å². The van der Waals surface area contributed by atoms with E-state index in [4.69, 9.17) is 26.7 Å². The molecule has 84 valence electrons. The van der Waals surface area contributed by atoms with Crippen molar-refractivity contribution in [2.45, 2.75) is 6.04 Å². The van der Waals surface area contributed by atoms with E-state index in [1.54, 1.807) is 26.4 Å². The molecule has 0 aromatic heterocycles. The summed E-state index contributed by atoms with van der Waals surface area (Å²) in [6.07, 6.45) is 0. The van der Waals surface area contributed by atoms with E-state index in [2.05, 4.69) is 0 Å². The first-order valence-corrected chi connectivity index (χ1v) is 4.61. The third kappa shape index (κ3) is 2.31. The lowest BCUT2D eigenvalue weighted by atomic mass is 10.0. The summed E-state index contributed by atoms with van der Waals surface area (Å²) in [5.74, 6) is 1.19. The highest BCUT2D eigenvalue weighted by Crippen LogP contribution is 2.33. The summed E-state index contributed by atoms with van der Waals surface area (Å²) >= 11 is 0. The van der Waals surface area contributed by atoms with E-state index >= 15 is 0 Å². The molecule has 6 N–H and O–H groups in total. The molecule has 15 heavy (non-hydrogen) atoms. The van der Waals surface area contributed by atoms with E-state index in [1.165, 1.54) is 0 Å². The van der Waals surface area contributed by atoms with Crippen molar-refractivity contribution < 1.29 is 9.47 Å². The van der Waals surface area contributed by atoms with Crippen molar-refractivity contribution in [1.29, 1.82) is 0 Å². The van der Waals surface area contributed by atoms with Gasteiger partial charge in [0.25, 0.3) is 0 Å². The molecule has 0 radical (unpaired) electrons. The molecule has 0 amide bonds. The lowest BCUT2D eigenvalue weighted by Crippen LogP contribution is -2.22. The molecule has 1 aromatic carbocycles. The molecule has 0 aliphatic rings. The zero-order valence-electron chi connectivity index (χ0n) is 8.99. The fraction of sp³-hybridized carbons (Fsp3) is 0.400. The summed E-state index contributed by atoms with van der Waals surface area (Å²) < 4.78 is 10.3. The van der Waals surface area contributed by atoms with E-state index in [1.807, 2.05) is 0 Å². The second kappa shape index (κ2) is 4.86. The molecule has 1 aromatic rings. The van der Waals surface area contributed by atoms with Gasteiger partial charge in [0.15, 0.2) is 11.5 Å². The summed E-state index contributed by atoms with van der Waals surface area (Å²) in [5.41, 5.74) is 18.5. The van der Waals surface area contributed by atoms with Crippen LogP contribution in [0.5, 0.6) is 11.5 Å². The summed E-state index contributed by atoms with van der Waals surface area (Å²) in [7, 11) is 3.12. The van der Waals surface area contributed by atoms with Crippen molar-refractivity contribution in [1.82, 2.24) is 0 Å². The maximum absolute atomic E-state index is 5.83. The third-order valence-corrected chi connectivity index (χ3v) is 2.24. The van der Waals surface area contributed by atoms with Gasteiger partial charge in [-0.15, -0.1) is 0 Å². The third-order valence-electron chi connectivity index (χ3n) is 2.24. The van der Waals surface area contributed by atoms with Gasteiger partial charge in [0, 0.05) is 24.3 Å². The van der Waals surface area contributed by atoms with Crippen LogP contribution >= 0.6 is 0 Å². The molecule has 0 heterocycles. The standard InChI is InChI=1S/C10H17N3O2/c1-14-9-3-6(8(13)5-11)7(12)4-10(9)15-2/h3-4,8H,5,11-13H2,1-2H3/t8-/m0/s1. The Bertz CT molecular complexity index is 342. The normalized spacial score (nSPS) is 12.3. The fourth-order valence-electron chi connectivity index (χ4n) is 1.36. The molecule has 0 saturated carbocycles. The number of nitrogen functional groups attached to an aromatic ring is 1. The molecular weight excluding hydrogens is 194 g/mol. The summed E-state index contributed by atoms with van der Waals surface area (Å²) in [6, 6.07) is 3.15. The van der Waals surface area contributed by atoms with E-state index in [0.29, 0.717) is 23.7 Å². The number of anilines is 1. The van der Waals surface area contributed by atoms with Gasteiger partial charge in [-0.2, -0.15) is 0 Å². The first kappa shape index (κ1) is 11.6. The largest absolute Gasteiger partial charge is 0.493 e. The van der Waals surface area contributed by atoms with Gasteiger partial charge in [-0.1, -0.05) is 0 Å². The molecular formula is C10H17N3O2. The van der Waals surface area contributed by atoms with Crippen molar-refractivity contribution in [2.24, 2.45) is 11.5 Å². The Morgan fingerprint density at radius 2 is 1.73 bits per heavy atom. The van der Waals surface area contributed by atoms with Crippen LogP contribution in [0.25, 0.3) is 0 Å². The van der Waals surface area contributed by atoms with Crippen LogP contribution in [0.4, 0.5) is 5.69 Å². The van der Waals surface area contributed by atoms with Gasteiger partial charge in [-0.05, 0) is 11.6 Å². The van der Waals surface area contributed by atoms with Crippen LogP contribution in [0.15, 0.2) is 12.1 Å². The summed E-state index contributed by atoms with van der Waals surface area (Å²) in [6.45, 7) is 0.333. The Labute approximate surface area is 89.1 Å². The second-order valence-electron chi connectivity index (χ2n) is 3.18. The molecule has 5 heteroatoms. The zero-order valence-corrected chi connectivity index (χ0v) is 8.99. The highest BCUT2D eigenvalue weighted by molar-refractivity contribution is 5.59. The molecule has 5 nitrogen and oxygen atoms in total. The average Bonchev–Trinajstić information content (AvgIpc) is 2.27. The number of hydrogen-bond acceptors (Lipinski definition) is 5. The van der Waals surface area contributed by atoms with Crippen LogP contribution in [-0.2, 0) is 0 Å². The minimum atomic E-state index is -0.287. The molecule has 1 rings (SSSR count). The van der Waals surface area contributed by atoms with Crippen LogP contribution in [0.2, 0.25) is 0 Å². The molecule has 0 aliphatic carbocycles. The van der Waals surface area contributed by atoms with Crippen LogP contribution < -0.4 is 26.7 Å². The number of benzene rings is 1. The van der Waals surface area contributed by atoms with Gasteiger partial charge in [-0.3, -0.25) is 0 Å². The Hall–Kier alpha value is -1.46. The van der Waals surface area contributed by atoms with Gasteiger partial charge in [0.1, 0.15) is 0 Å². The van der Waals surface area contributed by atoms with Gasteiger partial charge in [0.2, 0.25) is 0 Å². The van der Waals surface area contributed by atoms with Crippen molar-refractivity contribution in [3.63, 3.8) is 0 Å². The smallest absolute Gasteiger partial charge is 0.162 e. The number of hydrogen-bond donors (Lipinski definition) is 3. The van der Waals surface area contributed by atoms with Gasteiger partial charge < -0.3 is 26.7 Å². The van der Waals surface area contributed by atoms with Crippen molar-refractivity contribution in [3.05, 3.63) is 17.7 Å². The number of methoxy groups -OCH3 is 2. The van der Waals surface area contributed by atoms with Gasteiger partial charge >= 0.3 is 0 Å². The highest BCUT2D eigenvalue weighted by Gasteiger charge is 2.13. The topological polar surface area (TPSA) is 96.5 Å².